The van der Waals surface area contributed by atoms with Gasteiger partial charge in [-0.2, -0.15) is 0 Å². The van der Waals surface area contributed by atoms with Crippen LogP contribution in [0, 0.1) is 11.8 Å². The third-order valence-corrected chi connectivity index (χ3v) is 7.77. The van der Waals surface area contributed by atoms with Crippen molar-refractivity contribution in [1.82, 2.24) is 19.7 Å². The van der Waals surface area contributed by atoms with Crippen LogP contribution in [0.1, 0.15) is 37.8 Å². The molecule has 0 bridgehead atoms. The number of sulfonamides is 1. The molecule has 3 heterocycles. The number of carbonyl (C=O) groups is 1. The summed E-state index contributed by atoms with van der Waals surface area (Å²) in [6, 6.07) is 1.51. The van der Waals surface area contributed by atoms with Crippen molar-refractivity contribution in [2.45, 2.75) is 44.6 Å². The largest absolute Gasteiger partial charge is 0.381 e. The Labute approximate surface area is 215 Å². The summed E-state index contributed by atoms with van der Waals surface area (Å²) >= 11 is 12.8. The van der Waals surface area contributed by atoms with Gasteiger partial charge in [0.05, 0.1) is 17.5 Å². The lowest BCUT2D eigenvalue weighted by Gasteiger charge is -2.22. The Bertz CT molecular complexity index is 1170. The van der Waals surface area contributed by atoms with Crippen LogP contribution in [0.15, 0.2) is 18.5 Å². The normalized spacial score (nSPS) is 21.2. The molecular formula is C23H29Cl2N5O4S. The number of anilines is 1. The van der Waals surface area contributed by atoms with Crippen molar-refractivity contribution in [3.05, 3.63) is 34.3 Å². The van der Waals surface area contributed by atoms with Crippen LogP contribution in [-0.2, 0) is 26.0 Å². The highest BCUT2D eigenvalue weighted by atomic mass is 35.5. The van der Waals surface area contributed by atoms with Crippen molar-refractivity contribution in [3.63, 3.8) is 0 Å². The van der Waals surface area contributed by atoms with Crippen LogP contribution in [0.3, 0.4) is 0 Å². The van der Waals surface area contributed by atoms with E-state index in [-0.39, 0.29) is 29.3 Å². The lowest BCUT2D eigenvalue weighted by Crippen LogP contribution is -2.32. The van der Waals surface area contributed by atoms with Crippen LogP contribution >= 0.6 is 23.2 Å². The molecule has 2 N–H and O–H groups in total. The predicted molar refractivity (Wildman–Crippen MR) is 135 cm³/mol. The lowest BCUT2D eigenvalue weighted by atomic mass is 9.97. The zero-order valence-electron chi connectivity index (χ0n) is 19.5. The number of aromatic nitrogens is 3. The molecule has 12 heteroatoms. The molecule has 2 aromatic heterocycles. The van der Waals surface area contributed by atoms with E-state index in [4.69, 9.17) is 27.9 Å². The smallest absolute Gasteiger partial charge is 0.208 e. The highest BCUT2D eigenvalue weighted by Gasteiger charge is 2.31. The first-order chi connectivity index (χ1) is 16.7. The summed E-state index contributed by atoms with van der Waals surface area (Å²) in [6.45, 7) is 2.31. The standard InChI is InChI=1S/C23H29Cl2N5O4S/c1-35(32,33)30-16-3-2-15(8-16)20(31)10-17-9-18(19(24)12-26-17)22-23(25)28-13-21(29-22)27-11-14-4-6-34-7-5-14/h9,12-16,30H,2-8,10-11H2,1H3,(H,27,29)/t15-,16+/m0/s1. The molecule has 0 radical (unpaired) electrons. The van der Waals surface area contributed by atoms with Gasteiger partial charge >= 0.3 is 0 Å². The Morgan fingerprint density at radius 1 is 1.14 bits per heavy atom. The molecule has 1 aliphatic heterocycles. The number of ether oxygens (including phenoxy) is 1. The number of nitrogens with zero attached hydrogens (tertiary/aromatic N) is 3. The highest BCUT2D eigenvalue weighted by Crippen LogP contribution is 2.33. The van der Waals surface area contributed by atoms with Crippen LogP contribution in [-0.4, -0.2) is 61.2 Å². The van der Waals surface area contributed by atoms with Crippen molar-refractivity contribution >= 4 is 44.8 Å². The van der Waals surface area contributed by atoms with E-state index >= 15 is 0 Å². The van der Waals surface area contributed by atoms with Gasteiger partial charge in [-0.05, 0) is 44.1 Å². The van der Waals surface area contributed by atoms with E-state index in [9.17, 15) is 13.2 Å². The Hall–Kier alpha value is -1.85. The number of Topliss-reactive ketones (excluding diaryl/α,β-unsaturated/α-hetero) is 1. The van der Waals surface area contributed by atoms with E-state index < -0.39 is 10.0 Å². The molecule has 1 saturated heterocycles. The molecule has 190 valence electrons. The average molecular weight is 542 g/mol. The minimum atomic E-state index is -3.30. The molecule has 1 aliphatic carbocycles. The Morgan fingerprint density at radius 3 is 2.66 bits per heavy atom. The number of halogens is 2. The van der Waals surface area contributed by atoms with Crippen molar-refractivity contribution in [3.8, 4) is 11.3 Å². The van der Waals surface area contributed by atoms with E-state index in [1.165, 1.54) is 6.20 Å². The number of hydrogen-bond acceptors (Lipinski definition) is 8. The molecular weight excluding hydrogens is 513 g/mol. The predicted octanol–water partition coefficient (Wildman–Crippen LogP) is 3.51. The molecule has 0 aromatic carbocycles. The lowest BCUT2D eigenvalue weighted by molar-refractivity contribution is -0.122. The van der Waals surface area contributed by atoms with E-state index in [1.54, 1.807) is 12.3 Å². The maximum absolute atomic E-state index is 12.9. The van der Waals surface area contributed by atoms with E-state index in [0.29, 0.717) is 53.0 Å². The van der Waals surface area contributed by atoms with Gasteiger partial charge in [0.1, 0.15) is 17.3 Å². The number of hydrogen-bond donors (Lipinski definition) is 2. The summed E-state index contributed by atoms with van der Waals surface area (Å²) in [5, 5.41) is 3.89. The minimum absolute atomic E-state index is 0.0210. The second-order valence-corrected chi connectivity index (χ2v) is 11.8. The van der Waals surface area contributed by atoms with Crippen LogP contribution < -0.4 is 10.0 Å². The molecule has 2 atom stereocenters. The maximum atomic E-state index is 12.9. The fraction of sp³-hybridized carbons (Fsp3) is 0.565. The number of ketones is 1. The maximum Gasteiger partial charge on any atom is 0.208 e. The topological polar surface area (TPSA) is 123 Å². The number of carbonyl (C=O) groups excluding carboxylic acids is 1. The van der Waals surface area contributed by atoms with Gasteiger partial charge in [-0.3, -0.25) is 9.78 Å². The molecule has 9 nitrogen and oxygen atoms in total. The van der Waals surface area contributed by atoms with Gasteiger partial charge in [0.15, 0.2) is 5.15 Å². The van der Waals surface area contributed by atoms with Gasteiger partial charge in [-0.25, -0.2) is 23.1 Å². The first-order valence-electron chi connectivity index (χ1n) is 11.7. The molecule has 2 aliphatic rings. The highest BCUT2D eigenvalue weighted by molar-refractivity contribution is 7.88. The molecule has 0 spiro atoms. The zero-order chi connectivity index (χ0) is 25.0. The van der Waals surface area contributed by atoms with Crippen molar-refractivity contribution in [2.24, 2.45) is 11.8 Å². The van der Waals surface area contributed by atoms with E-state index in [0.717, 1.165) is 38.9 Å². The van der Waals surface area contributed by atoms with E-state index in [2.05, 4.69) is 25.0 Å². The first-order valence-corrected chi connectivity index (χ1v) is 14.3. The van der Waals surface area contributed by atoms with Gasteiger partial charge < -0.3 is 10.1 Å². The molecule has 1 saturated carbocycles. The summed E-state index contributed by atoms with van der Waals surface area (Å²) < 4.78 is 31.0. The quantitative estimate of drug-likeness (QED) is 0.494. The molecule has 0 unspecified atom stereocenters. The summed E-state index contributed by atoms with van der Waals surface area (Å²) in [5.41, 5.74) is 1.52. The summed E-state index contributed by atoms with van der Waals surface area (Å²) in [7, 11) is -3.30. The van der Waals surface area contributed by atoms with Crippen LogP contribution in [0.4, 0.5) is 5.82 Å². The first kappa shape index (κ1) is 26.2. The van der Waals surface area contributed by atoms with E-state index in [1.807, 2.05) is 0 Å². The van der Waals surface area contributed by atoms with Crippen molar-refractivity contribution in [1.29, 1.82) is 0 Å². The van der Waals surface area contributed by atoms with Crippen molar-refractivity contribution < 1.29 is 17.9 Å². The van der Waals surface area contributed by atoms with Gasteiger partial charge in [0.2, 0.25) is 10.0 Å². The fourth-order valence-corrected chi connectivity index (χ4v) is 5.80. The minimum Gasteiger partial charge on any atom is -0.381 e. The Balaban J connectivity index is 1.45. The molecule has 2 fully saturated rings. The third-order valence-electron chi connectivity index (χ3n) is 6.43. The molecule has 2 aromatic rings. The van der Waals surface area contributed by atoms with Gasteiger partial charge in [-0.1, -0.05) is 23.2 Å². The van der Waals surface area contributed by atoms with Gasteiger partial charge in [0, 0.05) is 55.6 Å². The van der Waals surface area contributed by atoms with Gasteiger partial charge in [-0.15, -0.1) is 0 Å². The van der Waals surface area contributed by atoms with Crippen LogP contribution in [0.2, 0.25) is 10.2 Å². The second-order valence-electron chi connectivity index (χ2n) is 9.23. The molecule has 0 amide bonds. The van der Waals surface area contributed by atoms with Crippen LogP contribution in [0.25, 0.3) is 11.3 Å². The second kappa shape index (κ2) is 11.5. The third kappa shape index (κ3) is 7.33. The summed E-state index contributed by atoms with van der Waals surface area (Å²) in [4.78, 5) is 26.1. The van der Waals surface area contributed by atoms with Crippen molar-refractivity contribution in [2.75, 3.05) is 31.3 Å². The monoisotopic (exact) mass is 541 g/mol. The van der Waals surface area contributed by atoms with Gasteiger partial charge in [0.25, 0.3) is 0 Å². The Kier molecular flexibility index (Phi) is 8.59. The van der Waals surface area contributed by atoms with Crippen LogP contribution in [0.5, 0.6) is 0 Å². The summed E-state index contributed by atoms with van der Waals surface area (Å²) in [6.07, 6.45) is 8.10. The molecule has 35 heavy (non-hydrogen) atoms. The Morgan fingerprint density at radius 2 is 1.91 bits per heavy atom. The SMILES string of the molecule is CS(=O)(=O)N[C@@H]1CC[C@H](C(=O)Cc2cc(-c3nc(NCC4CCOCC4)cnc3Cl)c(Cl)cn2)C1. The average Bonchev–Trinajstić information content (AvgIpc) is 3.27. The number of rotatable bonds is 9. The zero-order valence-corrected chi connectivity index (χ0v) is 21.8. The summed E-state index contributed by atoms with van der Waals surface area (Å²) in [5.74, 6) is 0.912. The fourth-order valence-electron chi connectivity index (χ4n) is 4.60. The number of pyridine rings is 1. The molecule has 4 rings (SSSR count). The number of nitrogens with one attached hydrogen (secondary N) is 2.